The fourth-order valence-corrected chi connectivity index (χ4v) is 2.30. The van der Waals surface area contributed by atoms with Crippen LogP contribution in [-0.2, 0) is 0 Å². The summed E-state index contributed by atoms with van der Waals surface area (Å²) in [7, 11) is 0. The van der Waals surface area contributed by atoms with E-state index in [1.807, 2.05) is 12.1 Å². The molecule has 94 valence electrons. The molecule has 5 heteroatoms. The normalized spacial score (nSPS) is 14.3. The number of nitrogens with zero attached hydrogens (tertiary/aromatic N) is 1. The number of nitro groups is 1. The van der Waals surface area contributed by atoms with Crippen LogP contribution in [0, 0.1) is 10.1 Å². The highest BCUT2D eigenvalue weighted by atomic mass is 32.2. The van der Waals surface area contributed by atoms with Gasteiger partial charge in [0.25, 0.3) is 5.69 Å². The molecule has 2 atom stereocenters. The monoisotopic (exact) mass is 254 g/mol. The van der Waals surface area contributed by atoms with Crippen molar-refractivity contribution in [2.24, 2.45) is 0 Å². The van der Waals surface area contributed by atoms with Gasteiger partial charge in [0.15, 0.2) is 0 Å². The molecule has 1 aromatic carbocycles. The molecule has 0 aliphatic heterocycles. The van der Waals surface area contributed by atoms with E-state index in [1.165, 1.54) is 0 Å². The molecule has 0 amide bonds. The molecule has 17 heavy (non-hydrogen) atoms. The Morgan fingerprint density at radius 2 is 1.94 bits per heavy atom. The zero-order valence-corrected chi connectivity index (χ0v) is 11.2. The third-order valence-corrected chi connectivity index (χ3v) is 3.39. The first kappa shape index (κ1) is 14.0. The molecular formula is C12H18N2O2S. The van der Waals surface area contributed by atoms with Crippen molar-refractivity contribution in [2.45, 2.75) is 25.9 Å². The SMILES string of the molecule is CSCC(C)NC(C)c1ccc([N+](=O)[O-])cc1. The van der Waals surface area contributed by atoms with Crippen molar-refractivity contribution in [1.82, 2.24) is 5.32 Å². The fraction of sp³-hybridized carbons (Fsp3) is 0.500. The summed E-state index contributed by atoms with van der Waals surface area (Å²) in [6.45, 7) is 4.20. The van der Waals surface area contributed by atoms with Crippen molar-refractivity contribution in [3.8, 4) is 0 Å². The predicted molar refractivity (Wildman–Crippen MR) is 72.5 cm³/mol. The molecule has 0 radical (unpaired) electrons. The summed E-state index contributed by atoms with van der Waals surface area (Å²) >= 11 is 1.80. The maximum absolute atomic E-state index is 10.5. The minimum atomic E-state index is -0.377. The van der Waals surface area contributed by atoms with E-state index in [4.69, 9.17) is 0 Å². The van der Waals surface area contributed by atoms with Gasteiger partial charge < -0.3 is 5.32 Å². The molecule has 0 saturated heterocycles. The van der Waals surface area contributed by atoms with Crippen molar-refractivity contribution in [2.75, 3.05) is 12.0 Å². The van der Waals surface area contributed by atoms with E-state index < -0.39 is 0 Å². The van der Waals surface area contributed by atoms with Gasteiger partial charge in [0.05, 0.1) is 4.92 Å². The molecule has 1 rings (SSSR count). The second-order valence-electron chi connectivity index (χ2n) is 4.09. The smallest absolute Gasteiger partial charge is 0.269 e. The number of benzene rings is 1. The molecule has 0 saturated carbocycles. The fourth-order valence-electron chi connectivity index (χ4n) is 1.71. The number of hydrogen-bond donors (Lipinski definition) is 1. The number of nitrogens with one attached hydrogen (secondary N) is 1. The minimum Gasteiger partial charge on any atom is -0.307 e. The van der Waals surface area contributed by atoms with Crippen molar-refractivity contribution in [3.05, 3.63) is 39.9 Å². The third-order valence-electron chi connectivity index (χ3n) is 2.56. The first-order valence-corrected chi connectivity index (χ1v) is 6.93. The highest BCUT2D eigenvalue weighted by Crippen LogP contribution is 2.18. The van der Waals surface area contributed by atoms with E-state index >= 15 is 0 Å². The highest BCUT2D eigenvalue weighted by Gasteiger charge is 2.11. The molecule has 1 N–H and O–H groups in total. The van der Waals surface area contributed by atoms with Crippen LogP contribution < -0.4 is 5.32 Å². The summed E-state index contributed by atoms with van der Waals surface area (Å²) in [5.41, 5.74) is 1.21. The molecule has 0 spiro atoms. The van der Waals surface area contributed by atoms with Gasteiger partial charge in [0.1, 0.15) is 0 Å². The van der Waals surface area contributed by atoms with Gasteiger partial charge in [-0.25, -0.2) is 0 Å². The first-order valence-electron chi connectivity index (χ1n) is 5.54. The van der Waals surface area contributed by atoms with Crippen molar-refractivity contribution in [1.29, 1.82) is 0 Å². The molecule has 2 unspecified atom stereocenters. The lowest BCUT2D eigenvalue weighted by molar-refractivity contribution is -0.384. The Morgan fingerprint density at radius 1 is 1.35 bits per heavy atom. The molecule has 0 aliphatic carbocycles. The second-order valence-corrected chi connectivity index (χ2v) is 5.00. The molecule has 0 fully saturated rings. The Bertz CT molecular complexity index is 367. The van der Waals surface area contributed by atoms with E-state index in [0.717, 1.165) is 11.3 Å². The molecule has 4 nitrogen and oxygen atoms in total. The molecule has 0 aliphatic rings. The summed E-state index contributed by atoms with van der Waals surface area (Å²) < 4.78 is 0. The summed E-state index contributed by atoms with van der Waals surface area (Å²) in [4.78, 5) is 10.2. The maximum Gasteiger partial charge on any atom is 0.269 e. The van der Waals surface area contributed by atoms with Crippen LogP contribution in [0.1, 0.15) is 25.5 Å². The van der Waals surface area contributed by atoms with Gasteiger partial charge in [-0.05, 0) is 25.7 Å². The first-order chi connectivity index (χ1) is 8.04. The Labute approximate surface area is 106 Å². The second kappa shape index (κ2) is 6.61. The summed E-state index contributed by atoms with van der Waals surface area (Å²) in [6, 6.07) is 7.34. The van der Waals surface area contributed by atoms with Crippen LogP contribution in [0.25, 0.3) is 0 Å². The van der Waals surface area contributed by atoms with Crippen LogP contribution in [0.2, 0.25) is 0 Å². The lowest BCUT2D eigenvalue weighted by atomic mass is 10.1. The Morgan fingerprint density at radius 3 is 2.41 bits per heavy atom. The summed E-state index contributed by atoms with van der Waals surface area (Å²) in [6.07, 6.45) is 2.08. The molecule has 0 heterocycles. The highest BCUT2D eigenvalue weighted by molar-refractivity contribution is 7.98. The summed E-state index contributed by atoms with van der Waals surface area (Å²) in [5, 5.41) is 14.0. The van der Waals surface area contributed by atoms with E-state index in [2.05, 4.69) is 25.4 Å². The average Bonchev–Trinajstić information content (AvgIpc) is 2.29. The van der Waals surface area contributed by atoms with Gasteiger partial charge in [-0.3, -0.25) is 10.1 Å². The average molecular weight is 254 g/mol. The van der Waals surface area contributed by atoms with Gasteiger partial charge in [-0.1, -0.05) is 12.1 Å². The zero-order chi connectivity index (χ0) is 12.8. The van der Waals surface area contributed by atoms with E-state index in [1.54, 1.807) is 23.9 Å². The summed E-state index contributed by atoms with van der Waals surface area (Å²) in [5.74, 6) is 1.05. The number of nitro benzene ring substituents is 1. The van der Waals surface area contributed by atoms with E-state index in [9.17, 15) is 10.1 Å². The lowest BCUT2D eigenvalue weighted by Crippen LogP contribution is -2.30. The van der Waals surface area contributed by atoms with Gasteiger partial charge in [-0.15, -0.1) is 0 Å². The standard InChI is InChI=1S/C12H18N2O2S/c1-9(8-17-3)13-10(2)11-4-6-12(7-5-11)14(15)16/h4-7,9-10,13H,8H2,1-3H3. The van der Waals surface area contributed by atoms with Crippen molar-refractivity contribution < 1.29 is 4.92 Å². The minimum absolute atomic E-state index is 0.137. The predicted octanol–water partition coefficient (Wildman–Crippen LogP) is 3.00. The van der Waals surface area contributed by atoms with Crippen molar-refractivity contribution in [3.63, 3.8) is 0 Å². The topological polar surface area (TPSA) is 55.2 Å². The van der Waals surface area contributed by atoms with E-state index in [-0.39, 0.29) is 16.7 Å². The van der Waals surface area contributed by atoms with Gasteiger partial charge in [-0.2, -0.15) is 11.8 Å². The quantitative estimate of drug-likeness (QED) is 0.626. The van der Waals surface area contributed by atoms with Crippen LogP contribution >= 0.6 is 11.8 Å². The number of rotatable bonds is 6. The molecule has 0 bridgehead atoms. The van der Waals surface area contributed by atoms with Crippen LogP contribution in [0.15, 0.2) is 24.3 Å². The van der Waals surface area contributed by atoms with E-state index in [0.29, 0.717) is 6.04 Å². The molecule has 1 aromatic rings. The van der Waals surface area contributed by atoms with Gasteiger partial charge in [0.2, 0.25) is 0 Å². The number of hydrogen-bond acceptors (Lipinski definition) is 4. The van der Waals surface area contributed by atoms with Crippen LogP contribution in [0.3, 0.4) is 0 Å². The van der Waals surface area contributed by atoms with Crippen LogP contribution in [0.5, 0.6) is 0 Å². The number of thioether (sulfide) groups is 1. The van der Waals surface area contributed by atoms with Crippen LogP contribution in [0.4, 0.5) is 5.69 Å². The lowest BCUT2D eigenvalue weighted by Gasteiger charge is -2.19. The maximum atomic E-state index is 10.5. The third kappa shape index (κ3) is 4.36. The van der Waals surface area contributed by atoms with Crippen molar-refractivity contribution >= 4 is 17.4 Å². The molecular weight excluding hydrogens is 236 g/mol. The zero-order valence-electron chi connectivity index (χ0n) is 10.3. The van der Waals surface area contributed by atoms with Crippen LogP contribution in [-0.4, -0.2) is 23.0 Å². The largest absolute Gasteiger partial charge is 0.307 e. The number of non-ortho nitro benzene ring substituents is 1. The van der Waals surface area contributed by atoms with Gasteiger partial charge >= 0.3 is 0 Å². The Balaban J connectivity index is 2.63. The van der Waals surface area contributed by atoms with Gasteiger partial charge in [0, 0.05) is 30.0 Å². The molecule has 0 aromatic heterocycles. The Hall–Kier alpha value is -1.07. The Kier molecular flexibility index (Phi) is 5.44.